The lowest BCUT2D eigenvalue weighted by Crippen LogP contribution is -2.43. The van der Waals surface area contributed by atoms with Crippen LogP contribution < -0.4 is 5.56 Å². The fourth-order valence-electron chi connectivity index (χ4n) is 4.75. The molecule has 0 saturated heterocycles. The number of aryl methyl sites for hydroxylation is 1. The highest BCUT2D eigenvalue weighted by molar-refractivity contribution is 5.65. The first kappa shape index (κ1) is 16.5. The first-order valence-corrected chi connectivity index (χ1v) is 9.75. The maximum absolute atomic E-state index is 12.5. The lowest BCUT2D eigenvalue weighted by atomic mass is 9.58. The molecule has 3 aromatic rings. The number of aromatic nitrogens is 4. The average Bonchev–Trinajstić information content (AvgIpc) is 3.41. The number of hydrogen-bond acceptors (Lipinski definition) is 3. The van der Waals surface area contributed by atoms with Crippen LogP contribution in [-0.4, -0.2) is 19.7 Å². The summed E-state index contributed by atoms with van der Waals surface area (Å²) in [7, 11) is 2.01. The molecule has 0 bridgehead atoms. The number of nitrogens with one attached hydrogen (secondary N) is 1. The van der Waals surface area contributed by atoms with Crippen LogP contribution in [0.4, 0.5) is 0 Å². The van der Waals surface area contributed by atoms with Gasteiger partial charge in [0, 0.05) is 18.8 Å². The van der Waals surface area contributed by atoms with Crippen LogP contribution in [0.5, 0.6) is 0 Å². The summed E-state index contributed by atoms with van der Waals surface area (Å²) in [5, 5.41) is 8.54. The quantitative estimate of drug-likeness (QED) is 0.770. The summed E-state index contributed by atoms with van der Waals surface area (Å²) in [5.41, 5.74) is 4.09. The number of aromatic amines is 1. The van der Waals surface area contributed by atoms with Crippen molar-refractivity contribution >= 4 is 0 Å². The fourth-order valence-corrected chi connectivity index (χ4v) is 4.75. The molecule has 1 aromatic carbocycles. The Bertz CT molecular complexity index is 1050. The van der Waals surface area contributed by atoms with Crippen LogP contribution in [0.1, 0.15) is 55.5 Å². The number of benzene rings is 1. The third-order valence-electron chi connectivity index (χ3n) is 6.23. The number of pyridine rings is 1. The Balaban J connectivity index is 1.61. The summed E-state index contributed by atoms with van der Waals surface area (Å²) in [5.74, 6) is 2.28. The average molecular weight is 360 g/mol. The van der Waals surface area contributed by atoms with Gasteiger partial charge in [-0.3, -0.25) is 4.79 Å². The van der Waals surface area contributed by atoms with Crippen molar-refractivity contribution in [1.82, 2.24) is 19.7 Å². The van der Waals surface area contributed by atoms with Crippen LogP contribution >= 0.6 is 0 Å². The first-order chi connectivity index (χ1) is 13.1. The van der Waals surface area contributed by atoms with Gasteiger partial charge in [-0.15, -0.1) is 10.2 Å². The van der Waals surface area contributed by atoms with Gasteiger partial charge in [0.2, 0.25) is 0 Å². The molecule has 0 unspecified atom stereocenters. The topological polar surface area (TPSA) is 63.6 Å². The second-order valence-electron chi connectivity index (χ2n) is 8.39. The van der Waals surface area contributed by atoms with Gasteiger partial charge < -0.3 is 9.55 Å². The van der Waals surface area contributed by atoms with Gasteiger partial charge in [0.25, 0.3) is 5.56 Å². The fraction of sp³-hybridized carbons (Fsp3) is 0.409. The second-order valence-corrected chi connectivity index (χ2v) is 8.39. The van der Waals surface area contributed by atoms with E-state index in [9.17, 15) is 4.79 Å². The third-order valence-corrected chi connectivity index (χ3v) is 6.23. The van der Waals surface area contributed by atoms with E-state index in [0.717, 1.165) is 29.8 Å². The highest BCUT2D eigenvalue weighted by Crippen LogP contribution is 2.51. The molecule has 0 radical (unpaired) electrons. The van der Waals surface area contributed by atoms with Crippen LogP contribution in [-0.2, 0) is 12.5 Å². The molecule has 2 fully saturated rings. The van der Waals surface area contributed by atoms with Crippen molar-refractivity contribution in [1.29, 1.82) is 0 Å². The van der Waals surface area contributed by atoms with Crippen LogP contribution in [0.2, 0.25) is 0 Å². The monoisotopic (exact) mass is 360 g/mol. The van der Waals surface area contributed by atoms with Crippen molar-refractivity contribution in [3.63, 3.8) is 0 Å². The zero-order chi connectivity index (χ0) is 18.6. The molecule has 0 spiro atoms. The van der Waals surface area contributed by atoms with E-state index < -0.39 is 0 Å². The van der Waals surface area contributed by atoms with E-state index in [4.69, 9.17) is 0 Å². The third kappa shape index (κ3) is 2.64. The molecule has 2 saturated carbocycles. The maximum Gasteiger partial charge on any atom is 0.255 e. The van der Waals surface area contributed by atoms with E-state index in [1.807, 2.05) is 23.9 Å². The Morgan fingerprint density at radius 3 is 2.70 bits per heavy atom. The Kier molecular flexibility index (Phi) is 3.61. The molecule has 2 heterocycles. The van der Waals surface area contributed by atoms with E-state index in [1.54, 1.807) is 6.33 Å². The van der Waals surface area contributed by atoms with E-state index in [-0.39, 0.29) is 11.0 Å². The SMILES string of the molecule is CC1CC(c2cccc(-c3cc(C4CC4)c[nH]c3=O)c2)(c2nncn2C)C1. The summed E-state index contributed by atoms with van der Waals surface area (Å²) in [6, 6.07) is 10.5. The van der Waals surface area contributed by atoms with Crippen molar-refractivity contribution < 1.29 is 0 Å². The van der Waals surface area contributed by atoms with Crippen molar-refractivity contribution in [3.8, 4) is 11.1 Å². The number of H-pyrrole nitrogens is 1. The molecule has 5 rings (SSSR count). The molecule has 0 aliphatic heterocycles. The Morgan fingerprint density at radius 2 is 2.04 bits per heavy atom. The maximum atomic E-state index is 12.5. The Labute approximate surface area is 158 Å². The van der Waals surface area contributed by atoms with Gasteiger partial charge >= 0.3 is 0 Å². The molecular weight excluding hydrogens is 336 g/mol. The van der Waals surface area contributed by atoms with Gasteiger partial charge in [0.1, 0.15) is 12.2 Å². The predicted octanol–water partition coefficient (Wildman–Crippen LogP) is 3.76. The van der Waals surface area contributed by atoms with Gasteiger partial charge in [-0.2, -0.15) is 0 Å². The smallest absolute Gasteiger partial charge is 0.255 e. The van der Waals surface area contributed by atoms with Crippen LogP contribution in [0.25, 0.3) is 11.1 Å². The lowest BCUT2D eigenvalue weighted by Gasteiger charge is -2.46. The summed E-state index contributed by atoms with van der Waals surface area (Å²) in [6.07, 6.45) is 8.20. The molecule has 0 atom stereocenters. The highest BCUT2D eigenvalue weighted by Gasteiger charge is 2.48. The van der Waals surface area contributed by atoms with Gasteiger partial charge in [0.05, 0.1) is 5.41 Å². The number of rotatable bonds is 4. The summed E-state index contributed by atoms with van der Waals surface area (Å²) < 4.78 is 2.03. The second kappa shape index (κ2) is 5.91. The molecular formula is C22H24N4O. The predicted molar refractivity (Wildman–Crippen MR) is 105 cm³/mol. The zero-order valence-electron chi connectivity index (χ0n) is 15.8. The van der Waals surface area contributed by atoms with Crippen molar-refractivity contribution in [2.45, 2.75) is 43.9 Å². The standard InChI is InChI=1S/C22H24N4O/c1-14-10-22(11-14,21-25-24-13-26(21)2)18-5-3-4-16(8-18)19-9-17(15-6-7-15)12-23-20(19)27/h3-5,8-9,12-15H,6-7,10-11H2,1-2H3,(H,23,27). The van der Waals surface area contributed by atoms with Crippen molar-refractivity contribution in [2.75, 3.05) is 0 Å². The lowest BCUT2D eigenvalue weighted by molar-refractivity contribution is 0.185. The number of nitrogens with zero attached hydrogens (tertiary/aromatic N) is 3. The molecule has 138 valence electrons. The Hall–Kier alpha value is -2.69. The first-order valence-electron chi connectivity index (χ1n) is 9.75. The van der Waals surface area contributed by atoms with Crippen LogP contribution in [0, 0.1) is 5.92 Å². The molecule has 27 heavy (non-hydrogen) atoms. The van der Waals surface area contributed by atoms with Crippen LogP contribution in [0.3, 0.4) is 0 Å². The van der Waals surface area contributed by atoms with E-state index >= 15 is 0 Å². The molecule has 1 N–H and O–H groups in total. The van der Waals surface area contributed by atoms with Gasteiger partial charge in [-0.1, -0.05) is 25.1 Å². The minimum Gasteiger partial charge on any atom is -0.328 e. The largest absolute Gasteiger partial charge is 0.328 e. The van der Waals surface area contributed by atoms with E-state index in [2.05, 4.69) is 46.4 Å². The van der Waals surface area contributed by atoms with E-state index in [0.29, 0.717) is 11.8 Å². The zero-order valence-corrected chi connectivity index (χ0v) is 15.8. The molecule has 0 amide bonds. The molecule has 2 aromatic heterocycles. The normalized spacial score (nSPS) is 24.6. The van der Waals surface area contributed by atoms with Gasteiger partial charge in [-0.25, -0.2) is 0 Å². The summed E-state index contributed by atoms with van der Waals surface area (Å²) in [6.45, 7) is 2.28. The molecule has 2 aliphatic rings. The van der Waals surface area contributed by atoms with Crippen molar-refractivity contribution in [2.24, 2.45) is 13.0 Å². The molecule has 5 heteroatoms. The van der Waals surface area contributed by atoms with Gasteiger partial charge in [-0.05, 0) is 66.3 Å². The summed E-state index contributed by atoms with van der Waals surface area (Å²) in [4.78, 5) is 15.4. The van der Waals surface area contributed by atoms with Gasteiger partial charge in [0.15, 0.2) is 0 Å². The van der Waals surface area contributed by atoms with E-state index in [1.165, 1.54) is 24.0 Å². The Morgan fingerprint density at radius 1 is 1.22 bits per heavy atom. The van der Waals surface area contributed by atoms with Crippen LogP contribution in [0.15, 0.2) is 47.7 Å². The minimum absolute atomic E-state index is 0.0220. The van der Waals surface area contributed by atoms with Crippen molar-refractivity contribution in [3.05, 3.63) is 70.2 Å². The number of hydrogen-bond donors (Lipinski definition) is 1. The summed E-state index contributed by atoms with van der Waals surface area (Å²) >= 11 is 0. The molecule has 5 nitrogen and oxygen atoms in total. The minimum atomic E-state index is -0.110. The highest BCUT2D eigenvalue weighted by atomic mass is 16.1. The molecule has 2 aliphatic carbocycles.